The molecule has 1 atom stereocenters. The number of benzene rings is 1. The third-order valence-corrected chi connectivity index (χ3v) is 4.11. The van der Waals surface area contributed by atoms with Gasteiger partial charge in [0.25, 0.3) is 0 Å². The second kappa shape index (κ2) is 6.35. The molecule has 0 aliphatic carbocycles. The summed E-state index contributed by atoms with van der Waals surface area (Å²) in [6.45, 7) is 0.814. The van der Waals surface area contributed by atoms with Gasteiger partial charge in [0.05, 0.1) is 16.8 Å². The van der Waals surface area contributed by atoms with Crippen LogP contribution in [0.2, 0.25) is 0 Å². The zero-order valence-electron chi connectivity index (χ0n) is 10.8. The molecule has 6 heteroatoms. The zero-order chi connectivity index (χ0) is 14.7. The highest BCUT2D eigenvalue weighted by Gasteiger charge is 2.28. The van der Waals surface area contributed by atoms with Gasteiger partial charge in [0.2, 0.25) is 5.91 Å². The SMILES string of the molecule is O=C(O)[C@H]1CCCN(C(=O)Cc2ccc(Br)c(F)c2)C1. The summed E-state index contributed by atoms with van der Waals surface area (Å²) in [5, 5.41) is 9.00. The van der Waals surface area contributed by atoms with Crippen molar-refractivity contribution in [1.29, 1.82) is 0 Å². The molecule has 0 unspecified atom stereocenters. The van der Waals surface area contributed by atoms with Crippen LogP contribution in [0.15, 0.2) is 22.7 Å². The number of carboxylic acids is 1. The Morgan fingerprint density at radius 3 is 2.85 bits per heavy atom. The van der Waals surface area contributed by atoms with Gasteiger partial charge in [0.1, 0.15) is 5.82 Å². The number of likely N-dealkylation sites (tertiary alicyclic amines) is 1. The van der Waals surface area contributed by atoms with Crippen LogP contribution in [0.3, 0.4) is 0 Å². The summed E-state index contributed by atoms with van der Waals surface area (Å²) in [7, 11) is 0. The minimum absolute atomic E-state index is 0.0938. The van der Waals surface area contributed by atoms with E-state index < -0.39 is 17.7 Å². The fourth-order valence-electron chi connectivity index (χ4n) is 2.34. The van der Waals surface area contributed by atoms with E-state index in [-0.39, 0.29) is 18.9 Å². The predicted octanol–water partition coefficient (Wildman–Crippen LogP) is 2.45. The van der Waals surface area contributed by atoms with E-state index in [1.807, 2.05) is 0 Å². The molecule has 0 radical (unpaired) electrons. The fourth-order valence-corrected chi connectivity index (χ4v) is 2.59. The first-order valence-corrected chi connectivity index (χ1v) is 7.21. The molecule has 1 fully saturated rings. The second-order valence-electron chi connectivity index (χ2n) is 4.94. The molecule has 0 bridgehead atoms. The molecule has 0 spiro atoms. The Kier molecular flexibility index (Phi) is 4.75. The Balaban J connectivity index is 2.00. The Bertz CT molecular complexity index is 535. The molecule has 1 aliphatic rings. The third kappa shape index (κ3) is 3.56. The van der Waals surface area contributed by atoms with Gasteiger partial charge in [-0.2, -0.15) is 0 Å². The van der Waals surface area contributed by atoms with E-state index in [2.05, 4.69) is 15.9 Å². The molecule has 1 heterocycles. The maximum atomic E-state index is 13.4. The van der Waals surface area contributed by atoms with Crippen LogP contribution >= 0.6 is 15.9 Å². The Hall–Kier alpha value is -1.43. The standard InChI is InChI=1S/C14H15BrFNO3/c15-11-4-3-9(6-12(11)16)7-13(18)17-5-1-2-10(8-17)14(19)20/h3-4,6,10H,1-2,5,7-8H2,(H,19,20)/t10-/m0/s1. The average Bonchev–Trinajstić information content (AvgIpc) is 2.43. The molecule has 20 heavy (non-hydrogen) atoms. The molecule has 108 valence electrons. The molecule has 0 saturated carbocycles. The van der Waals surface area contributed by atoms with Crippen LogP contribution in [0.1, 0.15) is 18.4 Å². The molecule has 1 aromatic rings. The number of piperidine rings is 1. The van der Waals surface area contributed by atoms with Crippen molar-refractivity contribution < 1.29 is 19.1 Å². The number of carbonyl (C=O) groups is 2. The Labute approximate surface area is 124 Å². The first-order valence-electron chi connectivity index (χ1n) is 6.42. The van der Waals surface area contributed by atoms with E-state index in [9.17, 15) is 14.0 Å². The van der Waals surface area contributed by atoms with Crippen molar-refractivity contribution in [2.75, 3.05) is 13.1 Å². The first-order chi connectivity index (χ1) is 9.47. The number of hydrogen-bond donors (Lipinski definition) is 1. The molecule has 1 aromatic carbocycles. The van der Waals surface area contributed by atoms with Gasteiger partial charge in [-0.15, -0.1) is 0 Å². The highest BCUT2D eigenvalue weighted by molar-refractivity contribution is 9.10. The van der Waals surface area contributed by atoms with E-state index in [4.69, 9.17) is 5.11 Å². The quantitative estimate of drug-likeness (QED) is 0.916. The van der Waals surface area contributed by atoms with Crippen LogP contribution in [-0.2, 0) is 16.0 Å². The molecule has 1 aliphatic heterocycles. The fraction of sp³-hybridized carbons (Fsp3) is 0.429. The minimum atomic E-state index is -0.864. The zero-order valence-corrected chi connectivity index (χ0v) is 12.4. The summed E-state index contributed by atoms with van der Waals surface area (Å²) in [6, 6.07) is 4.57. The highest BCUT2D eigenvalue weighted by Crippen LogP contribution is 2.20. The summed E-state index contributed by atoms with van der Waals surface area (Å²) < 4.78 is 13.7. The molecular formula is C14H15BrFNO3. The maximum Gasteiger partial charge on any atom is 0.308 e. The average molecular weight is 344 g/mol. The molecule has 1 N–H and O–H groups in total. The summed E-state index contributed by atoms with van der Waals surface area (Å²) in [5.41, 5.74) is 0.591. The van der Waals surface area contributed by atoms with Gasteiger partial charge < -0.3 is 10.0 Å². The number of nitrogens with zero attached hydrogens (tertiary/aromatic N) is 1. The smallest absolute Gasteiger partial charge is 0.308 e. The van der Waals surface area contributed by atoms with Crippen molar-refractivity contribution in [3.05, 3.63) is 34.1 Å². The number of hydrogen-bond acceptors (Lipinski definition) is 2. The maximum absolute atomic E-state index is 13.4. The van der Waals surface area contributed by atoms with Gasteiger partial charge >= 0.3 is 5.97 Å². The molecule has 2 rings (SSSR count). The molecule has 1 amide bonds. The number of carboxylic acid groups (broad SMARTS) is 1. The van der Waals surface area contributed by atoms with Crippen molar-refractivity contribution in [3.8, 4) is 0 Å². The Morgan fingerprint density at radius 1 is 1.45 bits per heavy atom. The van der Waals surface area contributed by atoms with Crippen LogP contribution < -0.4 is 0 Å². The van der Waals surface area contributed by atoms with Crippen LogP contribution in [0.25, 0.3) is 0 Å². The van der Waals surface area contributed by atoms with Gasteiger partial charge in [-0.05, 0) is 46.5 Å². The lowest BCUT2D eigenvalue weighted by Gasteiger charge is -2.30. The Morgan fingerprint density at radius 2 is 2.20 bits per heavy atom. The van der Waals surface area contributed by atoms with E-state index in [0.717, 1.165) is 0 Å². The lowest BCUT2D eigenvalue weighted by molar-refractivity contribution is -0.145. The summed E-state index contributed by atoms with van der Waals surface area (Å²) in [4.78, 5) is 24.7. The number of aliphatic carboxylic acids is 1. The molecule has 4 nitrogen and oxygen atoms in total. The van der Waals surface area contributed by atoms with Crippen molar-refractivity contribution in [3.63, 3.8) is 0 Å². The summed E-state index contributed by atoms with van der Waals surface area (Å²) in [6.07, 6.45) is 1.39. The number of carbonyl (C=O) groups excluding carboxylic acids is 1. The minimum Gasteiger partial charge on any atom is -0.481 e. The van der Waals surface area contributed by atoms with Crippen LogP contribution in [-0.4, -0.2) is 35.0 Å². The number of halogens is 2. The second-order valence-corrected chi connectivity index (χ2v) is 5.80. The lowest BCUT2D eigenvalue weighted by atomic mass is 9.97. The van der Waals surface area contributed by atoms with Crippen LogP contribution in [0.4, 0.5) is 4.39 Å². The van der Waals surface area contributed by atoms with Crippen molar-refractivity contribution in [1.82, 2.24) is 4.90 Å². The van der Waals surface area contributed by atoms with Crippen LogP contribution in [0, 0.1) is 11.7 Å². The van der Waals surface area contributed by atoms with E-state index in [1.54, 1.807) is 17.0 Å². The molecular weight excluding hydrogens is 329 g/mol. The monoisotopic (exact) mass is 343 g/mol. The number of rotatable bonds is 3. The van der Waals surface area contributed by atoms with Gasteiger partial charge in [-0.1, -0.05) is 6.07 Å². The van der Waals surface area contributed by atoms with Gasteiger partial charge in [-0.3, -0.25) is 9.59 Å². The topological polar surface area (TPSA) is 57.6 Å². The highest BCUT2D eigenvalue weighted by atomic mass is 79.9. The van der Waals surface area contributed by atoms with Crippen molar-refractivity contribution in [2.45, 2.75) is 19.3 Å². The van der Waals surface area contributed by atoms with Crippen molar-refractivity contribution >= 4 is 27.8 Å². The molecule has 0 aromatic heterocycles. The van der Waals surface area contributed by atoms with Gasteiger partial charge in [0.15, 0.2) is 0 Å². The molecule has 1 saturated heterocycles. The van der Waals surface area contributed by atoms with Crippen molar-refractivity contribution in [2.24, 2.45) is 5.92 Å². The summed E-state index contributed by atoms with van der Waals surface area (Å²) in [5.74, 6) is -1.92. The van der Waals surface area contributed by atoms with E-state index in [1.165, 1.54) is 6.07 Å². The first kappa shape index (κ1) is 15.0. The predicted molar refractivity (Wildman–Crippen MR) is 74.7 cm³/mol. The van der Waals surface area contributed by atoms with Gasteiger partial charge in [-0.25, -0.2) is 4.39 Å². The van der Waals surface area contributed by atoms with Crippen LogP contribution in [0.5, 0.6) is 0 Å². The lowest BCUT2D eigenvalue weighted by Crippen LogP contribution is -2.43. The summed E-state index contributed by atoms with van der Waals surface area (Å²) >= 11 is 3.06. The normalized spacial score (nSPS) is 18.9. The third-order valence-electron chi connectivity index (χ3n) is 3.46. The van der Waals surface area contributed by atoms with E-state index in [0.29, 0.717) is 29.4 Å². The number of amides is 1. The van der Waals surface area contributed by atoms with E-state index >= 15 is 0 Å². The van der Waals surface area contributed by atoms with Gasteiger partial charge in [0, 0.05) is 13.1 Å². The largest absolute Gasteiger partial charge is 0.481 e.